The SMILES string of the molecule is Cc1c(Cl)cncc1-c1c(O)cc(OCc2ncn(C)n2)c2c(N)ncnc12. The third kappa shape index (κ3) is 3.05. The highest BCUT2D eigenvalue weighted by Crippen LogP contribution is 2.43. The van der Waals surface area contributed by atoms with Crippen LogP contribution in [-0.2, 0) is 13.7 Å². The molecule has 0 radical (unpaired) electrons. The zero-order valence-electron chi connectivity index (χ0n) is 15.1. The number of hydrogen-bond donors (Lipinski definition) is 2. The number of halogens is 1. The molecule has 0 unspecified atom stereocenters. The first-order valence-electron chi connectivity index (χ1n) is 8.29. The summed E-state index contributed by atoms with van der Waals surface area (Å²) in [4.78, 5) is 16.6. The van der Waals surface area contributed by atoms with Crippen LogP contribution in [0.4, 0.5) is 5.82 Å². The van der Waals surface area contributed by atoms with Crippen LogP contribution in [0.3, 0.4) is 0 Å². The van der Waals surface area contributed by atoms with Crippen LogP contribution in [0.25, 0.3) is 22.0 Å². The van der Waals surface area contributed by atoms with Crippen molar-refractivity contribution in [2.24, 2.45) is 7.05 Å². The van der Waals surface area contributed by atoms with Crippen LogP contribution < -0.4 is 10.5 Å². The molecule has 0 saturated heterocycles. The highest BCUT2D eigenvalue weighted by Gasteiger charge is 2.20. The summed E-state index contributed by atoms with van der Waals surface area (Å²) in [7, 11) is 1.76. The molecule has 1 aromatic carbocycles. The first kappa shape index (κ1) is 17.9. The molecule has 142 valence electrons. The molecule has 0 saturated carbocycles. The normalized spacial score (nSPS) is 11.1. The zero-order valence-corrected chi connectivity index (χ0v) is 15.8. The third-order valence-electron chi connectivity index (χ3n) is 4.31. The van der Waals surface area contributed by atoms with Gasteiger partial charge in [-0.15, -0.1) is 0 Å². The Balaban J connectivity index is 1.88. The van der Waals surface area contributed by atoms with Crippen molar-refractivity contribution in [2.75, 3.05) is 5.73 Å². The predicted octanol–water partition coefficient (Wildman–Crippen LogP) is 2.65. The Hall–Kier alpha value is -3.46. The van der Waals surface area contributed by atoms with Gasteiger partial charge in [0.2, 0.25) is 0 Å². The maximum Gasteiger partial charge on any atom is 0.188 e. The standard InChI is InChI=1S/C18H16ClN7O2/c1-9-10(4-21-5-11(9)19)15-12(27)3-13(16-17(15)22-7-23-18(16)20)28-6-14-24-8-26(2)25-14/h3-5,7-8,27H,6H2,1-2H3,(H2,20,22,23). The van der Waals surface area contributed by atoms with Gasteiger partial charge in [0, 0.05) is 31.1 Å². The molecule has 0 aliphatic carbocycles. The van der Waals surface area contributed by atoms with Crippen LogP contribution in [0.1, 0.15) is 11.4 Å². The lowest BCUT2D eigenvalue weighted by Crippen LogP contribution is -2.03. The number of aromatic nitrogens is 6. The molecule has 0 aliphatic rings. The van der Waals surface area contributed by atoms with Crippen LogP contribution in [-0.4, -0.2) is 34.8 Å². The maximum absolute atomic E-state index is 10.8. The summed E-state index contributed by atoms with van der Waals surface area (Å²) in [5, 5.41) is 15.9. The average Bonchev–Trinajstić information content (AvgIpc) is 3.08. The summed E-state index contributed by atoms with van der Waals surface area (Å²) < 4.78 is 7.40. The van der Waals surface area contributed by atoms with Crippen LogP contribution >= 0.6 is 11.6 Å². The van der Waals surface area contributed by atoms with Gasteiger partial charge in [-0.25, -0.2) is 15.0 Å². The Labute approximate surface area is 164 Å². The lowest BCUT2D eigenvalue weighted by molar-refractivity contribution is 0.297. The molecule has 0 spiro atoms. The van der Waals surface area contributed by atoms with E-state index >= 15 is 0 Å². The van der Waals surface area contributed by atoms with E-state index in [0.717, 1.165) is 5.56 Å². The van der Waals surface area contributed by atoms with Gasteiger partial charge in [-0.05, 0) is 12.5 Å². The summed E-state index contributed by atoms with van der Waals surface area (Å²) in [5.74, 6) is 1.00. The van der Waals surface area contributed by atoms with Crippen molar-refractivity contribution in [3.05, 3.63) is 47.5 Å². The fourth-order valence-electron chi connectivity index (χ4n) is 2.94. The van der Waals surface area contributed by atoms with Crippen molar-refractivity contribution in [1.82, 2.24) is 29.7 Å². The first-order chi connectivity index (χ1) is 13.5. The Kier molecular flexibility index (Phi) is 4.44. The molecular weight excluding hydrogens is 382 g/mol. The van der Waals surface area contributed by atoms with E-state index in [4.69, 9.17) is 22.1 Å². The minimum absolute atomic E-state index is 0.0400. The van der Waals surface area contributed by atoms with Gasteiger partial charge in [-0.3, -0.25) is 9.67 Å². The van der Waals surface area contributed by atoms with Gasteiger partial charge in [-0.2, -0.15) is 5.10 Å². The number of ether oxygens (including phenoxy) is 1. The van der Waals surface area contributed by atoms with E-state index in [-0.39, 0.29) is 18.2 Å². The van der Waals surface area contributed by atoms with E-state index in [1.807, 2.05) is 6.92 Å². The number of nitrogen functional groups attached to an aromatic ring is 1. The lowest BCUT2D eigenvalue weighted by Gasteiger charge is -2.15. The highest BCUT2D eigenvalue weighted by molar-refractivity contribution is 6.31. The monoisotopic (exact) mass is 397 g/mol. The molecular formula is C18H16ClN7O2. The summed E-state index contributed by atoms with van der Waals surface area (Å²) in [6.45, 7) is 1.94. The number of pyridine rings is 1. The Morgan fingerprint density at radius 1 is 1.25 bits per heavy atom. The van der Waals surface area contributed by atoms with Crippen molar-refractivity contribution < 1.29 is 9.84 Å². The van der Waals surface area contributed by atoms with Gasteiger partial charge < -0.3 is 15.6 Å². The highest BCUT2D eigenvalue weighted by atomic mass is 35.5. The van der Waals surface area contributed by atoms with Gasteiger partial charge in [0.25, 0.3) is 0 Å². The molecule has 4 rings (SSSR count). The second-order valence-electron chi connectivity index (χ2n) is 6.17. The van der Waals surface area contributed by atoms with Crippen LogP contribution in [0.15, 0.2) is 31.1 Å². The predicted molar refractivity (Wildman–Crippen MR) is 104 cm³/mol. The van der Waals surface area contributed by atoms with Crippen molar-refractivity contribution >= 4 is 28.3 Å². The average molecular weight is 398 g/mol. The van der Waals surface area contributed by atoms with Crippen LogP contribution in [0.5, 0.6) is 11.5 Å². The molecule has 10 heteroatoms. The van der Waals surface area contributed by atoms with Gasteiger partial charge in [0.05, 0.1) is 21.5 Å². The summed E-state index contributed by atoms with van der Waals surface area (Å²) in [6, 6.07) is 1.47. The maximum atomic E-state index is 10.8. The number of nitrogens with zero attached hydrogens (tertiary/aromatic N) is 6. The molecule has 9 nitrogen and oxygen atoms in total. The molecule has 0 atom stereocenters. The largest absolute Gasteiger partial charge is 0.507 e. The number of benzene rings is 1. The molecule has 28 heavy (non-hydrogen) atoms. The number of rotatable bonds is 4. The summed E-state index contributed by atoms with van der Waals surface area (Å²) in [6.07, 6.45) is 6.06. The van der Waals surface area contributed by atoms with E-state index in [1.54, 1.807) is 30.5 Å². The third-order valence-corrected chi connectivity index (χ3v) is 4.69. The van der Waals surface area contributed by atoms with Gasteiger partial charge in [0.1, 0.15) is 36.6 Å². The summed E-state index contributed by atoms with van der Waals surface area (Å²) >= 11 is 6.21. The Bertz CT molecular complexity index is 1190. The minimum atomic E-state index is -0.0400. The number of phenols is 1. The quantitative estimate of drug-likeness (QED) is 0.538. The van der Waals surface area contributed by atoms with E-state index in [1.165, 1.54) is 12.4 Å². The van der Waals surface area contributed by atoms with E-state index in [9.17, 15) is 5.11 Å². The second-order valence-corrected chi connectivity index (χ2v) is 6.58. The fourth-order valence-corrected chi connectivity index (χ4v) is 3.10. The minimum Gasteiger partial charge on any atom is -0.507 e. The van der Waals surface area contributed by atoms with Crippen molar-refractivity contribution in [2.45, 2.75) is 13.5 Å². The summed E-state index contributed by atoms with van der Waals surface area (Å²) in [5.41, 5.74) is 8.40. The van der Waals surface area contributed by atoms with Crippen LogP contribution in [0.2, 0.25) is 5.02 Å². The molecule has 3 N–H and O–H groups in total. The number of aryl methyl sites for hydroxylation is 1. The fraction of sp³-hybridized carbons (Fsp3) is 0.167. The number of aromatic hydroxyl groups is 1. The van der Waals surface area contributed by atoms with E-state index < -0.39 is 0 Å². The number of anilines is 1. The molecule has 0 aliphatic heterocycles. The van der Waals surface area contributed by atoms with E-state index in [2.05, 4.69) is 25.0 Å². The molecule has 0 bridgehead atoms. The van der Waals surface area contributed by atoms with Crippen molar-refractivity contribution in [3.8, 4) is 22.6 Å². The van der Waals surface area contributed by atoms with E-state index in [0.29, 0.717) is 38.6 Å². The second kappa shape index (κ2) is 6.93. The number of phenolic OH excluding ortho intramolecular Hbond substituents is 1. The molecule has 0 fully saturated rings. The number of nitrogens with two attached hydrogens (primary N) is 1. The Morgan fingerprint density at radius 2 is 2.07 bits per heavy atom. The molecule has 0 amide bonds. The zero-order chi connectivity index (χ0) is 19.8. The molecule has 3 aromatic heterocycles. The molecule has 3 heterocycles. The first-order valence-corrected chi connectivity index (χ1v) is 8.67. The Morgan fingerprint density at radius 3 is 2.82 bits per heavy atom. The van der Waals surface area contributed by atoms with Crippen molar-refractivity contribution in [3.63, 3.8) is 0 Å². The topological polar surface area (TPSA) is 125 Å². The van der Waals surface area contributed by atoms with Gasteiger partial charge in [0.15, 0.2) is 5.82 Å². The smallest absolute Gasteiger partial charge is 0.188 e. The van der Waals surface area contributed by atoms with Gasteiger partial charge in [-0.1, -0.05) is 11.6 Å². The number of hydrogen-bond acceptors (Lipinski definition) is 8. The lowest BCUT2D eigenvalue weighted by atomic mass is 9.98. The van der Waals surface area contributed by atoms with Crippen molar-refractivity contribution in [1.29, 1.82) is 0 Å². The number of fused-ring (bicyclic) bond motifs is 1. The van der Waals surface area contributed by atoms with Crippen LogP contribution in [0, 0.1) is 6.92 Å². The molecule has 4 aromatic rings. The van der Waals surface area contributed by atoms with Gasteiger partial charge >= 0.3 is 0 Å².